The van der Waals surface area contributed by atoms with Gasteiger partial charge < -0.3 is 20.1 Å². The molecule has 1 heterocycles. The number of anilines is 3. The number of carbonyl (C=O) groups excluding carboxylic acids is 1. The minimum Gasteiger partial charge on any atom is -0.493 e. The van der Waals surface area contributed by atoms with Crippen LogP contribution in [0.2, 0.25) is 0 Å². The number of pyridine rings is 1. The second-order valence-corrected chi connectivity index (χ2v) is 5.98. The van der Waals surface area contributed by atoms with Crippen molar-refractivity contribution in [3.63, 3.8) is 0 Å². The second-order valence-electron chi connectivity index (χ2n) is 5.98. The molecule has 3 aromatic rings. The summed E-state index contributed by atoms with van der Waals surface area (Å²) in [5.41, 5.74) is 3.82. The molecule has 6 heteroatoms. The first-order chi connectivity index (χ1) is 13.1. The first-order valence-electron chi connectivity index (χ1n) is 8.41. The first-order valence-corrected chi connectivity index (χ1v) is 8.41. The molecule has 0 aliphatic rings. The summed E-state index contributed by atoms with van der Waals surface area (Å²) in [6.07, 6.45) is 3.18. The Morgan fingerprint density at radius 1 is 0.852 bits per heavy atom. The van der Waals surface area contributed by atoms with Crippen molar-refractivity contribution in [1.82, 2.24) is 4.98 Å². The molecular formula is C21H21N3O3. The van der Waals surface area contributed by atoms with Crippen LogP contribution in [-0.2, 0) is 0 Å². The van der Waals surface area contributed by atoms with Crippen molar-refractivity contribution in [2.75, 3.05) is 24.9 Å². The monoisotopic (exact) mass is 363 g/mol. The number of hydrogen-bond donors (Lipinski definition) is 2. The Morgan fingerprint density at radius 2 is 1.56 bits per heavy atom. The molecule has 6 nitrogen and oxygen atoms in total. The van der Waals surface area contributed by atoms with Crippen molar-refractivity contribution in [3.8, 4) is 11.5 Å². The molecule has 1 aromatic heterocycles. The van der Waals surface area contributed by atoms with Crippen LogP contribution < -0.4 is 20.1 Å². The molecular weight excluding hydrogens is 342 g/mol. The van der Waals surface area contributed by atoms with Crippen LogP contribution in [0, 0.1) is 6.92 Å². The number of amides is 1. The lowest BCUT2D eigenvalue weighted by Crippen LogP contribution is -2.12. The first kappa shape index (κ1) is 18.3. The Bertz CT molecular complexity index is 940. The molecule has 2 N–H and O–H groups in total. The third kappa shape index (κ3) is 4.55. The van der Waals surface area contributed by atoms with Crippen LogP contribution in [0.3, 0.4) is 0 Å². The van der Waals surface area contributed by atoms with E-state index in [4.69, 9.17) is 9.47 Å². The van der Waals surface area contributed by atoms with Crippen LogP contribution in [-0.4, -0.2) is 25.1 Å². The van der Waals surface area contributed by atoms with Crippen LogP contribution in [0.4, 0.5) is 17.1 Å². The van der Waals surface area contributed by atoms with Crippen LogP contribution in [0.1, 0.15) is 15.9 Å². The van der Waals surface area contributed by atoms with E-state index in [1.165, 1.54) is 6.20 Å². The fraction of sp³-hybridized carbons (Fsp3) is 0.143. The van der Waals surface area contributed by atoms with Crippen molar-refractivity contribution in [1.29, 1.82) is 0 Å². The molecule has 0 aliphatic heterocycles. The van der Waals surface area contributed by atoms with Gasteiger partial charge in [0.1, 0.15) is 0 Å². The Hall–Kier alpha value is -3.54. The Balaban J connectivity index is 1.75. The Kier molecular flexibility index (Phi) is 5.56. The van der Waals surface area contributed by atoms with E-state index in [1.807, 2.05) is 49.4 Å². The normalized spacial score (nSPS) is 10.2. The van der Waals surface area contributed by atoms with Crippen molar-refractivity contribution >= 4 is 23.0 Å². The molecule has 2 aromatic carbocycles. The maximum Gasteiger partial charge on any atom is 0.257 e. The molecule has 3 rings (SSSR count). The number of aromatic nitrogens is 1. The summed E-state index contributed by atoms with van der Waals surface area (Å²) in [6, 6.07) is 14.9. The number of benzene rings is 2. The Morgan fingerprint density at radius 3 is 2.26 bits per heavy atom. The summed E-state index contributed by atoms with van der Waals surface area (Å²) in [5, 5.41) is 6.09. The predicted molar refractivity (Wildman–Crippen MR) is 106 cm³/mol. The maximum atomic E-state index is 12.5. The van der Waals surface area contributed by atoms with E-state index in [2.05, 4.69) is 15.6 Å². The number of rotatable bonds is 6. The highest BCUT2D eigenvalue weighted by atomic mass is 16.5. The zero-order valence-corrected chi connectivity index (χ0v) is 15.4. The summed E-state index contributed by atoms with van der Waals surface area (Å²) < 4.78 is 10.5. The number of hydrogen-bond acceptors (Lipinski definition) is 5. The molecule has 27 heavy (non-hydrogen) atoms. The number of nitrogens with zero attached hydrogens (tertiary/aromatic N) is 1. The van der Waals surface area contributed by atoms with E-state index in [0.717, 1.165) is 16.9 Å². The van der Waals surface area contributed by atoms with Gasteiger partial charge in [0.15, 0.2) is 11.5 Å². The predicted octanol–water partition coefficient (Wildman–Crippen LogP) is 4.40. The molecule has 0 bridgehead atoms. The van der Waals surface area contributed by atoms with E-state index < -0.39 is 0 Å². The van der Waals surface area contributed by atoms with Gasteiger partial charge in [-0.25, -0.2) is 0 Å². The fourth-order valence-electron chi connectivity index (χ4n) is 2.55. The molecule has 0 fully saturated rings. The lowest BCUT2D eigenvalue weighted by molar-refractivity contribution is 0.102. The zero-order valence-electron chi connectivity index (χ0n) is 15.4. The number of carbonyl (C=O) groups is 1. The van der Waals surface area contributed by atoms with E-state index in [1.54, 1.807) is 26.5 Å². The molecule has 0 saturated carbocycles. The average molecular weight is 363 g/mol. The van der Waals surface area contributed by atoms with Gasteiger partial charge >= 0.3 is 0 Å². The van der Waals surface area contributed by atoms with Crippen LogP contribution in [0.25, 0.3) is 0 Å². The minimum absolute atomic E-state index is 0.220. The highest BCUT2D eigenvalue weighted by Gasteiger charge is 2.09. The van der Waals surface area contributed by atoms with E-state index >= 15 is 0 Å². The van der Waals surface area contributed by atoms with Crippen LogP contribution in [0.15, 0.2) is 60.9 Å². The topological polar surface area (TPSA) is 72.5 Å². The molecule has 0 radical (unpaired) electrons. The van der Waals surface area contributed by atoms with Gasteiger partial charge in [0.05, 0.1) is 31.7 Å². The molecule has 138 valence electrons. The minimum atomic E-state index is -0.220. The second kappa shape index (κ2) is 8.23. The van der Waals surface area contributed by atoms with Gasteiger partial charge in [0, 0.05) is 23.6 Å². The largest absolute Gasteiger partial charge is 0.493 e. The Labute approximate surface area is 158 Å². The third-order valence-electron chi connectivity index (χ3n) is 3.98. The molecule has 1 amide bonds. The van der Waals surface area contributed by atoms with Gasteiger partial charge in [0.2, 0.25) is 0 Å². The van der Waals surface area contributed by atoms with E-state index in [9.17, 15) is 4.79 Å². The van der Waals surface area contributed by atoms with E-state index in [0.29, 0.717) is 22.7 Å². The highest BCUT2D eigenvalue weighted by molar-refractivity contribution is 6.04. The molecule has 0 unspecified atom stereocenters. The zero-order chi connectivity index (χ0) is 19.2. The average Bonchev–Trinajstić information content (AvgIpc) is 2.69. The molecule has 0 aliphatic carbocycles. The number of methoxy groups -OCH3 is 2. The molecule has 0 saturated heterocycles. The lowest BCUT2D eigenvalue weighted by atomic mass is 10.2. The summed E-state index contributed by atoms with van der Waals surface area (Å²) in [7, 11) is 3.17. The number of nitrogens with one attached hydrogen (secondary N) is 2. The van der Waals surface area contributed by atoms with Gasteiger partial charge in [-0.05, 0) is 37.3 Å². The summed E-state index contributed by atoms with van der Waals surface area (Å²) >= 11 is 0. The van der Waals surface area contributed by atoms with Crippen LogP contribution >= 0.6 is 0 Å². The van der Waals surface area contributed by atoms with Crippen molar-refractivity contribution in [3.05, 3.63) is 72.1 Å². The van der Waals surface area contributed by atoms with Gasteiger partial charge in [-0.2, -0.15) is 0 Å². The molecule has 0 spiro atoms. The van der Waals surface area contributed by atoms with Crippen molar-refractivity contribution in [2.45, 2.75) is 6.92 Å². The van der Waals surface area contributed by atoms with Crippen molar-refractivity contribution in [2.24, 2.45) is 0 Å². The molecule has 0 atom stereocenters. The summed E-state index contributed by atoms with van der Waals surface area (Å²) in [6.45, 7) is 2.00. The summed E-state index contributed by atoms with van der Waals surface area (Å²) in [4.78, 5) is 16.6. The van der Waals surface area contributed by atoms with Crippen molar-refractivity contribution < 1.29 is 14.3 Å². The lowest BCUT2D eigenvalue weighted by Gasteiger charge is -2.12. The van der Waals surface area contributed by atoms with Gasteiger partial charge in [-0.3, -0.25) is 9.78 Å². The van der Waals surface area contributed by atoms with Gasteiger partial charge in [0.25, 0.3) is 5.91 Å². The SMILES string of the molecule is COc1ccc(Nc2cncc(C(=O)Nc3ccc(C)cc3)c2)cc1OC. The fourth-order valence-corrected chi connectivity index (χ4v) is 2.55. The third-order valence-corrected chi connectivity index (χ3v) is 3.98. The van der Waals surface area contributed by atoms with E-state index in [-0.39, 0.29) is 5.91 Å². The van der Waals surface area contributed by atoms with Gasteiger partial charge in [-0.15, -0.1) is 0 Å². The maximum absolute atomic E-state index is 12.5. The van der Waals surface area contributed by atoms with Crippen LogP contribution in [0.5, 0.6) is 11.5 Å². The highest BCUT2D eigenvalue weighted by Crippen LogP contribution is 2.31. The van der Waals surface area contributed by atoms with Gasteiger partial charge in [-0.1, -0.05) is 17.7 Å². The standard InChI is InChI=1S/C21H21N3O3/c1-14-4-6-16(7-5-14)24-21(25)15-10-18(13-22-12-15)23-17-8-9-19(26-2)20(11-17)27-3/h4-13,23H,1-3H3,(H,24,25). The smallest absolute Gasteiger partial charge is 0.257 e. The number of ether oxygens (including phenoxy) is 2. The summed E-state index contributed by atoms with van der Waals surface area (Å²) in [5.74, 6) is 1.04. The number of aryl methyl sites for hydroxylation is 1. The quantitative estimate of drug-likeness (QED) is 0.679.